The van der Waals surface area contributed by atoms with Crippen molar-refractivity contribution in [2.75, 3.05) is 6.61 Å². The lowest BCUT2D eigenvalue weighted by Gasteiger charge is -2.40. The highest BCUT2D eigenvalue weighted by Crippen LogP contribution is 2.31. The zero-order valence-electron chi connectivity index (χ0n) is 17.5. The Morgan fingerprint density at radius 2 is 1.19 bits per heavy atom. The van der Waals surface area contributed by atoms with Crippen LogP contribution in [0.15, 0.2) is 36.4 Å². The molecule has 2 aromatic carbocycles. The zero-order valence-corrected chi connectivity index (χ0v) is 17.5. The third kappa shape index (κ3) is 5.43. The van der Waals surface area contributed by atoms with Crippen molar-refractivity contribution in [2.24, 2.45) is 5.92 Å². The molecule has 2 heteroatoms. The summed E-state index contributed by atoms with van der Waals surface area (Å²) in [5.41, 5.74) is 8.10. The van der Waals surface area contributed by atoms with Crippen LogP contribution in [0.1, 0.15) is 59.1 Å². The lowest BCUT2D eigenvalue weighted by atomic mass is 9.83. The standard InChI is InChI=1S/C25H35NO/c1-18-9-19(2)12-22(11-18)15-26(25-8-6-5-7-24(25)17-27)16-23-13-20(3)10-21(4)14-23/h9-14,24-25,27H,5-8,15-17H2,1-4H3/t24-,25+/m0/s1. The van der Waals surface area contributed by atoms with Crippen LogP contribution < -0.4 is 0 Å². The maximum atomic E-state index is 9.99. The van der Waals surface area contributed by atoms with Crippen molar-refractivity contribution in [1.82, 2.24) is 4.90 Å². The van der Waals surface area contributed by atoms with Gasteiger partial charge in [-0.05, 0) is 57.6 Å². The highest BCUT2D eigenvalue weighted by atomic mass is 16.3. The van der Waals surface area contributed by atoms with Gasteiger partial charge in [0.1, 0.15) is 0 Å². The molecule has 0 spiro atoms. The van der Waals surface area contributed by atoms with Crippen LogP contribution in [-0.2, 0) is 13.1 Å². The maximum absolute atomic E-state index is 9.99. The van der Waals surface area contributed by atoms with Gasteiger partial charge in [0, 0.05) is 25.7 Å². The van der Waals surface area contributed by atoms with Crippen LogP contribution in [-0.4, -0.2) is 22.7 Å². The van der Waals surface area contributed by atoms with E-state index in [-0.39, 0.29) is 0 Å². The summed E-state index contributed by atoms with van der Waals surface area (Å²) in [5.74, 6) is 0.399. The molecule has 0 unspecified atom stereocenters. The molecular weight excluding hydrogens is 330 g/mol. The van der Waals surface area contributed by atoms with Crippen LogP contribution in [0, 0.1) is 33.6 Å². The second-order valence-corrected chi connectivity index (χ2v) is 8.69. The highest BCUT2D eigenvalue weighted by molar-refractivity contribution is 5.30. The zero-order chi connectivity index (χ0) is 19.4. The van der Waals surface area contributed by atoms with E-state index in [0.29, 0.717) is 18.6 Å². The minimum atomic E-state index is 0.306. The van der Waals surface area contributed by atoms with Crippen LogP contribution in [0.25, 0.3) is 0 Å². The van der Waals surface area contributed by atoms with Crippen molar-refractivity contribution in [1.29, 1.82) is 0 Å². The van der Waals surface area contributed by atoms with Crippen LogP contribution in [0.3, 0.4) is 0 Å². The van der Waals surface area contributed by atoms with Crippen molar-refractivity contribution in [2.45, 2.75) is 72.5 Å². The Hall–Kier alpha value is -1.64. The molecule has 146 valence electrons. The number of nitrogens with zero attached hydrogens (tertiary/aromatic N) is 1. The minimum absolute atomic E-state index is 0.306. The highest BCUT2D eigenvalue weighted by Gasteiger charge is 2.30. The van der Waals surface area contributed by atoms with E-state index in [2.05, 4.69) is 69.0 Å². The first kappa shape index (κ1) is 20.1. The van der Waals surface area contributed by atoms with Crippen molar-refractivity contribution in [3.63, 3.8) is 0 Å². The second-order valence-electron chi connectivity index (χ2n) is 8.69. The van der Waals surface area contributed by atoms with E-state index in [1.165, 1.54) is 52.6 Å². The molecular formula is C25H35NO. The molecule has 0 amide bonds. The SMILES string of the molecule is Cc1cc(C)cc(CN(Cc2cc(C)cc(C)c2)[C@@H]2CCCC[C@H]2CO)c1. The molecule has 2 aromatic rings. The van der Waals surface area contributed by atoms with Crippen LogP contribution >= 0.6 is 0 Å². The molecule has 1 fully saturated rings. The third-order valence-electron chi connectivity index (χ3n) is 5.91. The third-order valence-corrected chi connectivity index (χ3v) is 5.91. The van der Waals surface area contributed by atoms with E-state index in [4.69, 9.17) is 0 Å². The summed E-state index contributed by atoms with van der Waals surface area (Å²) in [6.07, 6.45) is 4.87. The lowest BCUT2D eigenvalue weighted by molar-refractivity contribution is 0.0547. The van der Waals surface area contributed by atoms with Crippen LogP contribution in [0.5, 0.6) is 0 Å². The van der Waals surface area contributed by atoms with Gasteiger partial charge >= 0.3 is 0 Å². The van der Waals surface area contributed by atoms with E-state index < -0.39 is 0 Å². The Bertz CT molecular complexity index is 673. The molecule has 0 bridgehead atoms. The predicted molar refractivity (Wildman–Crippen MR) is 114 cm³/mol. The van der Waals surface area contributed by atoms with Gasteiger partial charge in [0.15, 0.2) is 0 Å². The molecule has 0 radical (unpaired) electrons. The van der Waals surface area contributed by atoms with Gasteiger partial charge in [-0.3, -0.25) is 4.90 Å². The molecule has 1 N–H and O–H groups in total. The topological polar surface area (TPSA) is 23.5 Å². The lowest BCUT2D eigenvalue weighted by Crippen LogP contribution is -2.43. The summed E-state index contributed by atoms with van der Waals surface area (Å²) in [4.78, 5) is 2.63. The van der Waals surface area contributed by atoms with E-state index in [9.17, 15) is 5.11 Å². The average molecular weight is 366 g/mol. The quantitative estimate of drug-likeness (QED) is 0.733. The van der Waals surface area contributed by atoms with Gasteiger partial charge in [-0.1, -0.05) is 71.5 Å². The molecule has 0 saturated heterocycles. The molecule has 2 atom stereocenters. The molecule has 0 aliphatic heterocycles. The summed E-state index contributed by atoms with van der Waals surface area (Å²) >= 11 is 0. The van der Waals surface area contributed by atoms with E-state index in [1.807, 2.05) is 0 Å². The van der Waals surface area contributed by atoms with Gasteiger partial charge in [-0.15, -0.1) is 0 Å². The molecule has 3 rings (SSSR count). The fourth-order valence-corrected chi connectivity index (χ4v) is 4.96. The number of rotatable bonds is 6. The minimum Gasteiger partial charge on any atom is -0.396 e. The van der Waals surface area contributed by atoms with Gasteiger partial charge in [0.25, 0.3) is 0 Å². The van der Waals surface area contributed by atoms with Crippen molar-refractivity contribution in [3.05, 3.63) is 69.8 Å². The first-order chi connectivity index (χ1) is 12.9. The largest absolute Gasteiger partial charge is 0.396 e. The fourth-order valence-electron chi connectivity index (χ4n) is 4.96. The van der Waals surface area contributed by atoms with Gasteiger partial charge in [0.2, 0.25) is 0 Å². The Morgan fingerprint density at radius 3 is 1.63 bits per heavy atom. The maximum Gasteiger partial charge on any atom is 0.0474 e. The fraction of sp³-hybridized carbons (Fsp3) is 0.520. The molecule has 1 aliphatic carbocycles. The second kappa shape index (κ2) is 9.03. The molecule has 0 heterocycles. The Labute approximate surface area is 165 Å². The first-order valence-corrected chi connectivity index (χ1v) is 10.4. The number of benzene rings is 2. The van der Waals surface area contributed by atoms with E-state index >= 15 is 0 Å². The van der Waals surface area contributed by atoms with Gasteiger partial charge in [-0.2, -0.15) is 0 Å². The van der Waals surface area contributed by atoms with Gasteiger partial charge in [0.05, 0.1) is 0 Å². The van der Waals surface area contributed by atoms with E-state index in [1.54, 1.807) is 0 Å². The number of aryl methyl sites for hydroxylation is 4. The summed E-state index contributed by atoms with van der Waals surface area (Å²) in [6, 6.07) is 14.2. The Morgan fingerprint density at radius 1 is 0.741 bits per heavy atom. The molecule has 2 nitrogen and oxygen atoms in total. The summed E-state index contributed by atoms with van der Waals surface area (Å²) in [5, 5.41) is 9.99. The normalized spacial score (nSPS) is 20.2. The van der Waals surface area contributed by atoms with Gasteiger partial charge < -0.3 is 5.11 Å². The summed E-state index contributed by atoms with van der Waals surface area (Å²) in [7, 11) is 0. The van der Waals surface area contributed by atoms with Crippen molar-refractivity contribution >= 4 is 0 Å². The number of aliphatic hydroxyl groups is 1. The van der Waals surface area contributed by atoms with Gasteiger partial charge in [-0.25, -0.2) is 0 Å². The predicted octanol–water partition coefficient (Wildman–Crippen LogP) is 5.47. The molecule has 1 aliphatic rings. The van der Waals surface area contributed by atoms with Crippen LogP contribution in [0.4, 0.5) is 0 Å². The van der Waals surface area contributed by atoms with Crippen molar-refractivity contribution < 1.29 is 5.11 Å². The molecule has 1 saturated carbocycles. The van der Waals surface area contributed by atoms with Crippen molar-refractivity contribution in [3.8, 4) is 0 Å². The number of hydrogen-bond acceptors (Lipinski definition) is 2. The Balaban J connectivity index is 1.89. The van der Waals surface area contributed by atoms with Crippen LogP contribution in [0.2, 0.25) is 0 Å². The number of hydrogen-bond donors (Lipinski definition) is 1. The average Bonchev–Trinajstić information content (AvgIpc) is 2.59. The molecule has 0 aromatic heterocycles. The Kier molecular flexibility index (Phi) is 6.73. The summed E-state index contributed by atoms with van der Waals surface area (Å²) < 4.78 is 0. The van der Waals surface area contributed by atoms with E-state index in [0.717, 1.165) is 19.5 Å². The molecule has 27 heavy (non-hydrogen) atoms. The monoisotopic (exact) mass is 365 g/mol. The summed E-state index contributed by atoms with van der Waals surface area (Å²) in [6.45, 7) is 10.9. The first-order valence-electron chi connectivity index (χ1n) is 10.4. The number of aliphatic hydroxyl groups excluding tert-OH is 1. The smallest absolute Gasteiger partial charge is 0.0474 e.